The summed E-state index contributed by atoms with van der Waals surface area (Å²) in [4.78, 5) is 24.3. The van der Waals surface area contributed by atoms with Crippen LogP contribution in [0.1, 0.15) is 29.3 Å². The summed E-state index contributed by atoms with van der Waals surface area (Å²) in [6, 6.07) is 4.02. The zero-order chi connectivity index (χ0) is 18.1. The number of carbonyl (C=O) groups is 2. The van der Waals surface area contributed by atoms with Gasteiger partial charge in [0.25, 0.3) is 0 Å². The van der Waals surface area contributed by atoms with Crippen LogP contribution in [0.15, 0.2) is 18.2 Å². The summed E-state index contributed by atoms with van der Waals surface area (Å²) in [5, 5.41) is 10.4. The van der Waals surface area contributed by atoms with E-state index in [0.29, 0.717) is 29.4 Å². The van der Waals surface area contributed by atoms with E-state index in [9.17, 15) is 14.0 Å². The summed E-state index contributed by atoms with van der Waals surface area (Å²) in [6.07, 6.45) is -0.00593. The number of aryl methyl sites for hydroxylation is 1. The van der Waals surface area contributed by atoms with Crippen molar-refractivity contribution in [3.8, 4) is 0 Å². The summed E-state index contributed by atoms with van der Waals surface area (Å²) >= 11 is 6.10. The number of benzene rings is 1. The fourth-order valence-electron chi connectivity index (χ4n) is 2.97. The Morgan fingerprint density at radius 1 is 1.48 bits per heavy atom. The SMILES string of the molecule is Cc1nn(CCNC(=O)C2CC(=O)Nc3ccc(F)cc32)c(C)c1Cl. The molecule has 0 spiro atoms. The molecule has 2 amide bonds. The second kappa shape index (κ2) is 6.84. The van der Waals surface area contributed by atoms with E-state index in [1.807, 2.05) is 13.8 Å². The van der Waals surface area contributed by atoms with Crippen LogP contribution < -0.4 is 10.6 Å². The number of hydrogen-bond acceptors (Lipinski definition) is 3. The summed E-state index contributed by atoms with van der Waals surface area (Å²) in [6.45, 7) is 4.46. The quantitative estimate of drug-likeness (QED) is 0.875. The van der Waals surface area contributed by atoms with E-state index in [4.69, 9.17) is 11.6 Å². The van der Waals surface area contributed by atoms with Gasteiger partial charge in [-0.3, -0.25) is 14.3 Å². The van der Waals surface area contributed by atoms with Gasteiger partial charge in [-0.15, -0.1) is 0 Å². The van der Waals surface area contributed by atoms with E-state index in [-0.39, 0.29) is 18.2 Å². The van der Waals surface area contributed by atoms with Gasteiger partial charge in [0.1, 0.15) is 5.82 Å². The monoisotopic (exact) mass is 364 g/mol. The van der Waals surface area contributed by atoms with Crippen molar-refractivity contribution in [3.63, 3.8) is 0 Å². The molecule has 0 bridgehead atoms. The van der Waals surface area contributed by atoms with Crippen LogP contribution in [0, 0.1) is 19.7 Å². The highest BCUT2D eigenvalue weighted by atomic mass is 35.5. The lowest BCUT2D eigenvalue weighted by molar-refractivity contribution is -0.126. The number of aromatic nitrogens is 2. The van der Waals surface area contributed by atoms with Gasteiger partial charge in [0.15, 0.2) is 0 Å². The standard InChI is InChI=1S/C17H18ClFN4O2/c1-9-16(18)10(2)23(22-9)6-5-20-17(25)13-8-15(24)21-14-4-3-11(19)7-12(13)14/h3-4,7,13H,5-6,8H2,1-2H3,(H,20,25)(H,21,24). The van der Waals surface area contributed by atoms with Gasteiger partial charge in [0.05, 0.1) is 28.9 Å². The van der Waals surface area contributed by atoms with Crippen LogP contribution in [-0.2, 0) is 16.1 Å². The predicted molar refractivity (Wildman–Crippen MR) is 92.1 cm³/mol. The number of carbonyl (C=O) groups excluding carboxylic acids is 2. The minimum Gasteiger partial charge on any atom is -0.354 e. The zero-order valence-electron chi connectivity index (χ0n) is 13.9. The van der Waals surface area contributed by atoms with Gasteiger partial charge >= 0.3 is 0 Å². The molecule has 0 fully saturated rings. The minimum atomic E-state index is -0.705. The van der Waals surface area contributed by atoms with Crippen molar-refractivity contribution >= 4 is 29.1 Å². The number of anilines is 1. The number of amides is 2. The van der Waals surface area contributed by atoms with Gasteiger partial charge in [0, 0.05) is 18.7 Å². The lowest BCUT2D eigenvalue weighted by atomic mass is 9.89. The Morgan fingerprint density at radius 2 is 2.24 bits per heavy atom. The molecule has 1 aromatic heterocycles. The summed E-state index contributed by atoms with van der Waals surface area (Å²) in [5.41, 5.74) is 2.53. The van der Waals surface area contributed by atoms with Crippen LogP contribution in [0.4, 0.5) is 10.1 Å². The third kappa shape index (κ3) is 3.51. The maximum absolute atomic E-state index is 13.5. The van der Waals surface area contributed by atoms with Gasteiger partial charge in [-0.1, -0.05) is 11.6 Å². The van der Waals surface area contributed by atoms with Gasteiger partial charge in [-0.25, -0.2) is 4.39 Å². The smallest absolute Gasteiger partial charge is 0.228 e. The van der Waals surface area contributed by atoms with E-state index in [2.05, 4.69) is 15.7 Å². The Balaban J connectivity index is 1.68. The van der Waals surface area contributed by atoms with Crippen LogP contribution in [-0.4, -0.2) is 28.1 Å². The molecule has 8 heteroatoms. The largest absolute Gasteiger partial charge is 0.354 e. The highest BCUT2D eigenvalue weighted by Crippen LogP contribution is 2.32. The normalized spacial score (nSPS) is 16.3. The number of fused-ring (bicyclic) bond motifs is 1. The molecular formula is C17H18ClFN4O2. The van der Waals surface area contributed by atoms with E-state index in [1.54, 1.807) is 4.68 Å². The third-order valence-electron chi connectivity index (χ3n) is 4.29. The molecule has 6 nitrogen and oxygen atoms in total. The molecule has 2 aromatic rings. The molecule has 25 heavy (non-hydrogen) atoms. The van der Waals surface area contributed by atoms with E-state index >= 15 is 0 Å². The molecule has 0 saturated heterocycles. The average molecular weight is 365 g/mol. The molecule has 2 heterocycles. The first-order valence-electron chi connectivity index (χ1n) is 7.93. The van der Waals surface area contributed by atoms with Crippen LogP contribution in [0.2, 0.25) is 5.02 Å². The Bertz CT molecular complexity index is 849. The second-order valence-electron chi connectivity index (χ2n) is 6.04. The fraction of sp³-hybridized carbons (Fsp3) is 0.353. The van der Waals surface area contributed by atoms with Crippen LogP contribution in [0.25, 0.3) is 0 Å². The Labute approximate surface area is 149 Å². The lowest BCUT2D eigenvalue weighted by Crippen LogP contribution is -2.36. The van der Waals surface area contributed by atoms with Gasteiger partial charge in [-0.2, -0.15) is 5.10 Å². The number of halogens is 2. The van der Waals surface area contributed by atoms with Gasteiger partial charge in [0.2, 0.25) is 11.8 Å². The van der Waals surface area contributed by atoms with Crippen molar-refractivity contribution < 1.29 is 14.0 Å². The second-order valence-corrected chi connectivity index (χ2v) is 6.41. The first kappa shape index (κ1) is 17.4. The third-order valence-corrected chi connectivity index (χ3v) is 4.83. The molecule has 3 rings (SSSR count). The highest BCUT2D eigenvalue weighted by Gasteiger charge is 2.30. The summed E-state index contributed by atoms with van der Waals surface area (Å²) < 4.78 is 15.2. The molecule has 132 valence electrons. The van der Waals surface area contributed by atoms with Crippen molar-refractivity contribution in [1.82, 2.24) is 15.1 Å². The van der Waals surface area contributed by atoms with Crippen molar-refractivity contribution in [2.24, 2.45) is 0 Å². The van der Waals surface area contributed by atoms with E-state index < -0.39 is 11.7 Å². The predicted octanol–water partition coefficient (Wildman–Crippen LogP) is 2.53. The molecule has 0 aliphatic carbocycles. The average Bonchev–Trinajstić information content (AvgIpc) is 2.81. The molecular weight excluding hydrogens is 347 g/mol. The molecule has 1 aliphatic rings. The Morgan fingerprint density at radius 3 is 2.92 bits per heavy atom. The van der Waals surface area contributed by atoms with E-state index in [0.717, 1.165) is 11.4 Å². The van der Waals surface area contributed by atoms with Crippen LogP contribution >= 0.6 is 11.6 Å². The Hall–Kier alpha value is -2.41. The Kier molecular flexibility index (Phi) is 4.76. The van der Waals surface area contributed by atoms with Crippen molar-refractivity contribution in [3.05, 3.63) is 46.0 Å². The first-order valence-corrected chi connectivity index (χ1v) is 8.31. The van der Waals surface area contributed by atoms with Crippen LogP contribution in [0.5, 0.6) is 0 Å². The summed E-state index contributed by atoms with van der Waals surface area (Å²) in [7, 11) is 0. The topological polar surface area (TPSA) is 76.0 Å². The lowest BCUT2D eigenvalue weighted by Gasteiger charge is -2.25. The number of rotatable bonds is 4. The van der Waals surface area contributed by atoms with Crippen molar-refractivity contribution in [2.45, 2.75) is 32.7 Å². The van der Waals surface area contributed by atoms with Crippen molar-refractivity contribution in [2.75, 3.05) is 11.9 Å². The molecule has 0 saturated carbocycles. The molecule has 2 N–H and O–H groups in total. The fourth-order valence-corrected chi connectivity index (χ4v) is 3.10. The van der Waals surface area contributed by atoms with Crippen LogP contribution in [0.3, 0.4) is 0 Å². The summed E-state index contributed by atoms with van der Waals surface area (Å²) in [5.74, 6) is -1.72. The molecule has 0 radical (unpaired) electrons. The molecule has 1 aromatic carbocycles. The first-order chi connectivity index (χ1) is 11.9. The number of hydrogen-bond donors (Lipinski definition) is 2. The van der Waals surface area contributed by atoms with Crippen molar-refractivity contribution in [1.29, 1.82) is 0 Å². The number of nitrogens with zero attached hydrogens (tertiary/aromatic N) is 2. The van der Waals surface area contributed by atoms with Gasteiger partial charge < -0.3 is 10.6 Å². The highest BCUT2D eigenvalue weighted by molar-refractivity contribution is 6.31. The maximum atomic E-state index is 13.5. The molecule has 1 atom stereocenters. The maximum Gasteiger partial charge on any atom is 0.228 e. The molecule has 1 unspecified atom stereocenters. The van der Waals surface area contributed by atoms with E-state index in [1.165, 1.54) is 18.2 Å². The number of nitrogens with one attached hydrogen (secondary N) is 2. The minimum absolute atomic E-state index is 0.00593. The molecule has 1 aliphatic heterocycles. The zero-order valence-corrected chi connectivity index (χ0v) is 14.7. The van der Waals surface area contributed by atoms with Gasteiger partial charge in [-0.05, 0) is 37.6 Å².